The molecule has 0 saturated carbocycles. The Kier molecular flexibility index (Phi) is 3.60. The third-order valence-electron chi connectivity index (χ3n) is 2.55. The molecule has 2 heterocycles. The van der Waals surface area contributed by atoms with E-state index in [9.17, 15) is 0 Å². The Hall–Kier alpha value is -0.480. The second-order valence-electron chi connectivity index (χ2n) is 4.55. The third kappa shape index (κ3) is 2.80. The van der Waals surface area contributed by atoms with Gasteiger partial charge in [-0.05, 0) is 13.8 Å². The van der Waals surface area contributed by atoms with E-state index in [0.29, 0.717) is 5.88 Å². The second-order valence-corrected chi connectivity index (χ2v) is 6.62. The highest BCUT2D eigenvalue weighted by Gasteiger charge is 2.28. The summed E-state index contributed by atoms with van der Waals surface area (Å²) in [7, 11) is 0. The van der Waals surface area contributed by atoms with Gasteiger partial charge in [0.15, 0.2) is 0 Å². The minimum Gasteiger partial charge on any atom is -0.339 e. The largest absolute Gasteiger partial charge is 0.339 e. The van der Waals surface area contributed by atoms with Gasteiger partial charge in [-0.15, -0.1) is 11.6 Å². The minimum absolute atomic E-state index is 0.284. The van der Waals surface area contributed by atoms with E-state index in [2.05, 4.69) is 28.7 Å². The molecule has 0 spiro atoms. The summed E-state index contributed by atoms with van der Waals surface area (Å²) in [5.74, 6) is 2.43. The van der Waals surface area contributed by atoms with Gasteiger partial charge in [0.25, 0.3) is 0 Å². The van der Waals surface area contributed by atoms with Crippen LogP contribution in [0.4, 0.5) is 5.95 Å². The molecule has 1 fully saturated rings. The first-order valence-electron chi connectivity index (χ1n) is 5.36. The third-order valence-corrected chi connectivity index (χ3v) is 4.16. The van der Waals surface area contributed by atoms with Gasteiger partial charge < -0.3 is 4.90 Å². The van der Waals surface area contributed by atoms with Gasteiger partial charge >= 0.3 is 0 Å². The lowest BCUT2D eigenvalue weighted by atomic mass is 10.2. The van der Waals surface area contributed by atoms with Gasteiger partial charge in [-0.1, -0.05) is 0 Å². The van der Waals surface area contributed by atoms with E-state index in [1.54, 1.807) is 0 Å². The Bertz CT molecular complexity index is 353. The average Bonchev–Trinajstić information content (AvgIpc) is 2.28. The van der Waals surface area contributed by atoms with Crippen LogP contribution in [0.5, 0.6) is 0 Å². The lowest BCUT2D eigenvalue weighted by Crippen LogP contribution is -2.43. The summed E-state index contributed by atoms with van der Waals surface area (Å²) in [5.41, 5.74) is 0.969. The molecule has 3 nitrogen and oxygen atoms in total. The van der Waals surface area contributed by atoms with E-state index in [1.807, 2.05) is 24.2 Å². The first-order valence-corrected chi connectivity index (χ1v) is 6.88. The molecule has 0 aliphatic carbocycles. The van der Waals surface area contributed by atoms with Gasteiger partial charge in [-0.2, -0.15) is 11.8 Å². The topological polar surface area (TPSA) is 29.0 Å². The van der Waals surface area contributed by atoms with E-state index in [4.69, 9.17) is 11.6 Å². The van der Waals surface area contributed by atoms with Crippen molar-refractivity contribution in [3.8, 4) is 0 Å². The molecule has 88 valence electrons. The molecule has 5 heteroatoms. The van der Waals surface area contributed by atoms with Crippen LogP contribution in [0, 0.1) is 0 Å². The van der Waals surface area contributed by atoms with Crippen molar-refractivity contribution >= 4 is 29.3 Å². The predicted molar refractivity (Wildman–Crippen MR) is 70.3 cm³/mol. The summed E-state index contributed by atoms with van der Waals surface area (Å²) < 4.78 is 0.284. The predicted octanol–water partition coefficient (Wildman–Crippen LogP) is 2.55. The number of anilines is 1. The maximum atomic E-state index is 5.71. The van der Waals surface area contributed by atoms with Crippen molar-refractivity contribution in [2.45, 2.75) is 24.5 Å². The fourth-order valence-electron chi connectivity index (χ4n) is 1.77. The summed E-state index contributed by atoms with van der Waals surface area (Å²) in [6, 6.07) is 0. The molecule has 0 atom stereocenters. The van der Waals surface area contributed by atoms with Gasteiger partial charge in [-0.3, -0.25) is 0 Å². The fraction of sp³-hybridized carbons (Fsp3) is 0.636. The average molecular weight is 258 g/mol. The highest BCUT2D eigenvalue weighted by molar-refractivity contribution is 8.00. The number of thioether (sulfide) groups is 1. The molecular weight excluding hydrogens is 242 g/mol. The highest BCUT2D eigenvalue weighted by atomic mass is 35.5. The van der Waals surface area contributed by atoms with Crippen molar-refractivity contribution in [3.05, 3.63) is 18.0 Å². The molecule has 1 aliphatic heterocycles. The molecular formula is C11H16ClN3S. The molecule has 1 aliphatic rings. The lowest BCUT2D eigenvalue weighted by molar-refractivity contribution is 0.635. The Balaban J connectivity index is 2.11. The Morgan fingerprint density at radius 1 is 1.44 bits per heavy atom. The summed E-state index contributed by atoms with van der Waals surface area (Å²) in [4.78, 5) is 11.0. The molecule has 0 radical (unpaired) electrons. The van der Waals surface area contributed by atoms with Crippen LogP contribution in [0.2, 0.25) is 0 Å². The van der Waals surface area contributed by atoms with E-state index in [1.165, 1.54) is 0 Å². The fourth-order valence-corrected chi connectivity index (χ4v) is 3.02. The number of hydrogen-bond acceptors (Lipinski definition) is 4. The van der Waals surface area contributed by atoms with E-state index in [-0.39, 0.29) is 4.75 Å². The Morgan fingerprint density at radius 2 is 2.12 bits per heavy atom. The van der Waals surface area contributed by atoms with Crippen molar-refractivity contribution in [2.24, 2.45) is 0 Å². The quantitative estimate of drug-likeness (QED) is 0.762. The van der Waals surface area contributed by atoms with Crippen LogP contribution in [-0.2, 0) is 5.88 Å². The van der Waals surface area contributed by atoms with E-state index in [0.717, 1.165) is 30.4 Å². The summed E-state index contributed by atoms with van der Waals surface area (Å²) in [5, 5.41) is 0. The Morgan fingerprint density at radius 3 is 2.69 bits per heavy atom. The van der Waals surface area contributed by atoms with Crippen LogP contribution in [0.1, 0.15) is 19.4 Å². The molecule has 0 bridgehead atoms. The van der Waals surface area contributed by atoms with Crippen molar-refractivity contribution in [1.29, 1.82) is 0 Å². The zero-order valence-electron chi connectivity index (χ0n) is 9.61. The summed E-state index contributed by atoms with van der Waals surface area (Å²) in [6.07, 6.45) is 3.62. The highest BCUT2D eigenvalue weighted by Crippen LogP contribution is 2.30. The lowest BCUT2D eigenvalue weighted by Gasteiger charge is -2.37. The molecule has 1 saturated heterocycles. The zero-order chi connectivity index (χ0) is 11.6. The van der Waals surface area contributed by atoms with Crippen LogP contribution >= 0.6 is 23.4 Å². The van der Waals surface area contributed by atoms with Crippen LogP contribution in [0.25, 0.3) is 0 Å². The van der Waals surface area contributed by atoms with E-state index >= 15 is 0 Å². The van der Waals surface area contributed by atoms with Crippen LogP contribution in [0.15, 0.2) is 12.4 Å². The number of hydrogen-bond donors (Lipinski definition) is 0. The van der Waals surface area contributed by atoms with Gasteiger partial charge in [0.05, 0.1) is 5.88 Å². The van der Waals surface area contributed by atoms with Gasteiger partial charge in [0, 0.05) is 41.5 Å². The van der Waals surface area contributed by atoms with E-state index < -0.39 is 0 Å². The minimum atomic E-state index is 0.284. The molecule has 0 aromatic carbocycles. The van der Waals surface area contributed by atoms with Crippen molar-refractivity contribution < 1.29 is 0 Å². The van der Waals surface area contributed by atoms with Crippen molar-refractivity contribution in [2.75, 3.05) is 23.7 Å². The van der Waals surface area contributed by atoms with Crippen molar-refractivity contribution in [3.63, 3.8) is 0 Å². The summed E-state index contributed by atoms with van der Waals surface area (Å²) in [6.45, 7) is 6.54. The van der Waals surface area contributed by atoms with Gasteiger partial charge in [0.2, 0.25) is 5.95 Å². The summed E-state index contributed by atoms with van der Waals surface area (Å²) >= 11 is 7.72. The van der Waals surface area contributed by atoms with Gasteiger partial charge in [-0.25, -0.2) is 9.97 Å². The number of nitrogens with zero attached hydrogens (tertiary/aromatic N) is 3. The number of alkyl halides is 1. The van der Waals surface area contributed by atoms with Gasteiger partial charge in [0.1, 0.15) is 0 Å². The first kappa shape index (κ1) is 12.0. The molecule has 0 unspecified atom stereocenters. The molecule has 0 N–H and O–H groups in total. The second kappa shape index (κ2) is 4.80. The molecule has 1 aromatic heterocycles. The number of rotatable bonds is 2. The number of halogens is 1. The maximum Gasteiger partial charge on any atom is 0.225 e. The molecule has 2 rings (SSSR count). The first-order chi connectivity index (χ1) is 7.61. The smallest absolute Gasteiger partial charge is 0.225 e. The monoisotopic (exact) mass is 257 g/mol. The Labute approximate surface area is 106 Å². The van der Waals surface area contributed by atoms with Crippen LogP contribution in [0.3, 0.4) is 0 Å². The normalized spacial score (nSPS) is 19.8. The molecule has 1 aromatic rings. The number of aromatic nitrogens is 2. The maximum absolute atomic E-state index is 5.71. The SMILES string of the molecule is CC1(C)CN(c2ncc(CCl)cn2)CCS1. The molecule has 16 heavy (non-hydrogen) atoms. The van der Waals surface area contributed by atoms with Crippen LogP contribution in [-0.4, -0.2) is 33.6 Å². The zero-order valence-corrected chi connectivity index (χ0v) is 11.2. The van der Waals surface area contributed by atoms with Crippen molar-refractivity contribution in [1.82, 2.24) is 9.97 Å². The molecule has 0 amide bonds. The van der Waals surface area contributed by atoms with Crippen LogP contribution < -0.4 is 4.90 Å². The standard InChI is InChI=1S/C11H16ClN3S/c1-11(2)8-15(3-4-16-11)10-13-6-9(5-12)7-14-10/h6-7H,3-5,8H2,1-2H3.